The van der Waals surface area contributed by atoms with Gasteiger partial charge in [0.25, 0.3) is 0 Å². The van der Waals surface area contributed by atoms with Crippen LogP contribution in [0.2, 0.25) is 0 Å². The Labute approximate surface area is 105 Å². The van der Waals surface area contributed by atoms with Crippen molar-refractivity contribution in [2.75, 3.05) is 39.9 Å². The predicted molar refractivity (Wildman–Crippen MR) is 68.1 cm³/mol. The van der Waals surface area contributed by atoms with Gasteiger partial charge in [-0.05, 0) is 39.4 Å². The second kappa shape index (κ2) is 6.14. The molecular formula is C13H26N2O2. The highest BCUT2D eigenvalue weighted by atomic mass is 16.5. The summed E-state index contributed by atoms with van der Waals surface area (Å²) in [5.74, 6) is 0. The fourth-order valence-corrected chi connectivity index (χ4v) is 3.12. The molecule has 2 fully saturated rings. The van der Waals surface area contributed by atoms with E-state index in [1.54, 1.807) is 0 Å². The third kappa shape index (κ3) is 3.19. The standard InChI is InChI=1S/C13H26N2O2/c1-3-15-7-4-5-11(15)9-14(2)12-10-17-8-6-13(12)16/h11-13,16H,3-10H2,1-2H3. The number of likely N-dealkylation sites (tertiary alicyclic amines) is 1. The van der Waals surface area contributed by atoms with Crippen molar-refractivity contribution >= 4 is 0 Å². The molecule has 0 aromatic carbocycles. The lowest BCUT2D eigenvalue weighted by molar-refractivity contribution is -0.0580. The van der Waals surface area contributed by atoms with E-state index in [1.165, 1.54) is 19.4 Å². The van der Waals surface area contributed by atoms with Gasteiger partial charge in [-0.2, -0.15) is 0 Å². The zero-order chi connectivity index (χ0) is 12.3. The van der Waals surface area contributed by atoms with E-state index in [0.29, 0.717) is 19.3 Å². The summed E-state index contributed by atoms with van der Waals surface area (Å²) in [6, 6.07) is 0.849. The molecule has 2 aliphatic heterocycles. The molecule has 0 aromatic heterocycles. The van der Waals surface area contributed by atoms with Crippen LogP contribution >= 0.6 is 0 Å². The molecule has 0 amide bonds. The maximum atomic E-state index is 10.0. The summed E-state index contributed by atoms with van der Waals surface area (Å²) in [7, 11) is 2.12. The lowest BCUT2D eigenvalue weighted by Crippen LogP contribution is -2.51. The van der Waals surface area contributed by atoms with Crippen LogP contribution in [0.5, 0.6) is 0 Å². The Morgan fingerprint density at radius 1 is 1.41 bits per heavy atom. The van der Waals surface area contributed by atoms with Gasteiger partial charge in [0.05, 0.1) is 18.8 Å². The summed E-state index contributed by atoms with van der Waals surface area (Å²) in [5, 5.41) is 10.0. The van der Waals surface area contributed by atoms with Gasteiger partial charge in [0.1, 0.15) is 0 Å². The number of rotatable bonds is 4. The molecule has 0 radical (unpaired) electrons. The lowest BCUT2D eigenvalue weighted by Gasteiger charge is -2.37. The van der Waals surface area contributed by atoms with Crippen molar-refractivity contribution in [2.45, 2.75) is 44.4 Å². The third-order valence-corrected chi connectivity index (χ3v) is 4.26. The second-order valence-corrected chi connectivity index (χ2v) is 5.36. The minimum absolute atomic E-state index is 0.183. The van der Waals surface area contributed by atoms with E-state index < -0.39 is 0 Å². The average molecular weight is 242 g/mol. The van der Waals surface area contributed by atoms with E-state index >= 15 is 0 Å². The Hall–Kier alpha value is -0.160. The number of nitrogens with zero attached hydrogens (tertiary/aromatic N) is 2. The van der Waals surface area contributed by atoms with Gasteiger partial charge in [-0.15, -0.1) is 0 Å². The number of aliphatic hydroxyl groups is 1. The van der Waals surface area contributed by atoms with Crippen LogP contribution in [0.25, 0.3) is 0 Å². The Bertz CT molecular complexity index is 237. The van der Waals surface area contributed by atoms with E-state index in [0.717, 1.165) is 19.5 Å². The molecule has 0 aromatic rings. The maximum Gasteiger partial charge on any atom is 0.0739 e. The van der Waals surface area contributed by atoms with Crippen LogP contribution in [0.15, 0.2) is 0 Å². The van der Waals surface area contributed by atoms with Crippen LogP contribution in [-0.4, -0.2) is 73.0 Å². The molecule has 0 saturated carbocycles. The second-order valence-electron chi connectivity index (χ2n) is 5.36. The third-order valence-electron chi connectivity index (χ3n) is 4.26. The van der Waals surface area contributed by atoms with Crippen molar-refractivity contribution < 1.29 is 9.84 Å². The fraction of sp³-hybridized carbons (Fsp3) is 1.00. The van der Waals surface area contributed by atoms with Crippen molar-refractivity contribution in [3.8, 4) is 0 Å². The minimum Gasteiger partial charge on any atom is -0.391 e. The van der Waals surface area contributed by atoms with Gasteiger partial charge in [-0.1, -0.05) is 6.92 Å². The summed E-state index contributed by atoms with van der Waals surface area (Å²) in [4.78, 5) is 4.84. The first-order valence-electron chi connectivity index (χ1n) is 6.92. The fourth-order valence-electron chi connectivity index (χ4n) is 3.12. The van der Waals surface area contributed by atoms with Crippen LogP contribution in [0.1, 0.15) is 26.2 Å². The maximum absolute atomic E-state index is 10.0. The van der Waals surface area contributed by atoms with Gasteiger partial charge in [0.2, 0.25) is 0 Å². The zero-order valence-corrected chi connectivity index (χ0v) is 11.1. The lowest BCUT2D eigenvalue weighted by atomic mass is 10.0. The van der Waals surface area contributed by atoms with E-state index in [-0.39, 0.29) is 12.1 Å². The number of likely N-dealkylation sites (N-methyl/N-ethyl adjacent to an activating group) is 2. The molecule has 100 valence electrons. The molecule has 4 nitrogen and oxygen atoms in total. The first kappa shape index (κ1) is 13.3. The Morgan fingerprint density at radius 2 is 2.24 bits per heavy atom. The van der Waals surface area contributed by atoms with Crippen LogP contribution in [-0.2, 0) is 4.74 Å². The van der Waals surface area contributed by atoms with Crippen LogP contribution < -0.4 is 0 Å². The van der Waals surface area contributed by atoms with Crippen LogP contribution in [0.4, 0.5) is 0 Å². The van der Waals surface area contributed by atoms with Crippen molar-refractivity contribution in [3.05, 3.63) is 0 Å². The molecule has 2 heterocycles. The number of hydrogen-bond donors (Lipinski definition) is 1. The first-order valence-corrected chi connectivity index (χ1v) is 6.92. The Balaban J connectivity index is 1.84. The first-order chi connectivity index (χ1) is 8.22. The summed E-state index contributed by atoms with van der Waals surface area (Å²) in [6.07, 6.45) is 3.17. The smallest absolute Gasteiger partial charge is 0.0739 e. The minimum atomic E-state index is -0.217. The predicted octanol–water partition coefficient (Wildman–Crippen LogP) is 0.552. The van der Waals surface area contributed by atoms with Crippen LogP contribution in [0.3, 0.4) is 0 Å². The summed E-state index contributed by atoms with van der Waals surface area (Å²) in [6.45, 7) is 7.04. The van der Waals surface area contributed by atoms with Crippen molar-refractivity contribution in [2.24, 2.45) is 0 Å². The quantitative estimate of drug-likeness (QED) is 0.781. The molecule has 2 rings (SSSR count). The highest BCUT2D eigenvalue weighted by molar-refractivity contribution is 4.86. The molecule has 0 bridgehead atoms. The molecular weight excluding hydrogens is 216 g/mol. The molecule has 2 aliphatic rings. The summed E-state index contributed by atoms with van der Waals surface area (Å²) in [5.41, 5.74) is 0. The topological polar surface area (TPSA) is 35.9 Å². The number of ether oxygens (including phenoxy) is 1. The van der Waals surface area contributed by atoms with Crippen molar-refractivity contribution in [1.29, 1.82) is 0 Å². The summed E-state index contributed by atoms with van der Waals surface area (Å²) < 4.78 is 5.48. The largest absolute Gasteiger partial charge is 0.391 e. The average Bonchev–Trinajstić information content (AvgIpc) is 2.76. The van der Waals surface area contributed by atoms with Crippen LogP contribution in [0, 0.1) is 0 Å². The van der Waals surface area contributed by atoms with E-state index in [9.17, 15) is 5.11 Å². The van der Waals surface area contributed by atoms with Gasteiger partial charge in [0, 0.05) is 19.2 Å². The molecule has 2 saturated heterocycles. The Morgan fingerprint density at radius 3 is 2.94 bits per heavy atom. The molecule has 0 aliphatic carbocycles. The molecule has 17 heavy (non-hydrogen) atoms. The van der Waals surface area contributed by atoms with E-state index in [1.807, 2.05) is 0 Å². The molecule has 3 atom stereocenters. The SMILES string of the molecule is CCN1CCCC1CN(C)C1COCCC1O. The van der Waals surface area contributed by atoms with Gasteiger partial charge in [0.15, 0.2) is 0 Å². The molecule has 3 unspecified atom stereocenters. The van der Waals surface area contributed by atoms with Gasteiger partial charge in [-0.3, -0.25) is 9.80 Å². The van der Waals surface area contributed by atoms with Gasteiger partial charge in [-0.25, -0.2) is 0 Å². The van der Waals surface area contributed by atoms with Gasteiger partial charge < -0.3 is 9.84 Å². The Kier molecular flexibility index (Phi) is 4.79. The molecule has 0 spiro atoms. The van der Waals surface area contributed by atoms with Crippen molar-refractivity contribution in [1.82, 2.24) is 9.80 Å². The highest BCUT2D eigenvalue weighted by Gasteiger charge is 2.31. The number of hydrogen-bond acceptors (Lipinski definition) is 4. The summed E-state index contributed by atoms with van der Waals surface area (Å²) >= 11 is 0. The normalized spacial score (nSPS) is 35.6. The number of aliphatic hydroxyl groups excluding tert-OH is 1. The van der Waals surface area contributed by atoms with Gasteiger partial charge >= 0.3 is 0 Å². The van der Waals surface area contributed by atoms with E-state index in [2.05, 4.69) is 23.8 Å². The highest BCUT2D eigenvalue weighted by Crippen LogP contribution is 2.20. The zero-order valence-electron chi connectivity index (χ0n) is 11.1. The monoisotopic (exact) mass is 242 g/mol. The molecule has 4 heteroatoms. The van der Waals surface area contributed by atoms with Crippen molar-refractivity contribution in [3.63, 3.8) is 0 Å². The van der Waals surface area contributed by atoms with E-state index in [4.69, 9.17) is 4.74 Å². The molecule has 1 N–H and O–H groups in total.